The monoisotopic (exact) mass is 692 g/mol. The molecule has 1 aromatic heterocycles. The maximum atomic E-state index is 14.2. The Balaban J connectivity index is 1.74. The van der Waals surface area contributed by atoms with Crippen LogP contribution in [-0.4, -0.2) is 89.5 Å². The molecule has 1 aliphatic heterocycles. The lowest BCUT2D eigenvalue weighted by Gasteiger charge is -2.40. The highest BCUT2D eigenvalue weighted by Gasteiger charge is 2.42. The largest absolute Gasteiger partial charge is 0.379 e. The second-order valence-corrected chi connectivity index (χ2v) is 14.9. The van der Waals surface area contributed by atoms with E-state index in [1.165, 1.54) is 5.56 Å². The van der Waals surface area contributed by atoms with Crippen molar-refractivity contribution in [3.05, 3.63) is 59.7 Å². The third kappa shape index (κ3) is 10.9. The number of aryl methyl sites for hydroxylation is 1. The molecule has 0 radical (unpaired) electrons. The minimum absolute atomic E-state index is 0.0117. The van der Waals surface area contributed by atoms with Crippen molar-refractivity contribution in [1.29, 1.82) is 0 Å². The molecule has 1 aromatic carbocycles. The van der Waals surface area contributed by atoms with E-state index in [0.29, 0.717) is 25.2 Å². The second kappa shape index (κ2) is 20.0. The molecule has 1 fully saturated rings. The number of rotatable bonds is 20. The standard InChI is InChI=1S/C41H64N4O5/c1-11-29(6)39(44(8)41(48)33(27(3)4)25-37-42-21-20-32(12-2)43-37)36(49-9)26-38(47)45-22-16-19-34(45)40(50-10)30(7)35(46)24-28(5)23-31-17-14-13-15-18-31/h13-15,17-18,20-21,27-30,33-34,36,39-40H,11-12,16,19,22-26H2,1-10H3/t28-,29+,30+,33+,34+,36-,39+,40-/m1/s1. The first kappa shape index (κ1) is 41.3. The second-order valence-electron chi connectivity index (χ2n) is 14.9. The van der Waals surface area contributed by atoms with Gasteiger partial charge in [-0.05, 0) is 55.1 Å². The highest BCUT2D eigenvalue weighted by molar-refractivity contribution is 5.82. The minimum Gasteiger partial charge on any atom is -0.379 e. The SMILES string of the molecule is CCc1ccnc(C[C@H](C(=O)N(C)[C@@H]([C@@H](C)CC)[C@@H](CC(=O)N2CCC[C@H]2[C@H](OC)[C@@H](C)C(=O)C[C@H](C)Cc2ccccc2)OC)C(C)C)n1. The molecule has 3 rings (SSSR count). The highest BCUT2D eigenvalue weighted by atomic mass is 16.5. The summed E-state index contributed by atoms with van der Waals surface area (Å²) < 4.78 is 12.1. The Hall–Kier alpha value is -3.17. The lowest BCUT2D eigenvalue weighted by molar-refractivity contribution is -0.148. The molecule has 1 saturated heterocycles. The molecule has 2 heterocycles. The maximum Gasteiger partial charge on any atom is 0.226 e. The van der Waals surface area contributed by atoms with Crippen LogP contribution in [0.15, 0.2) is 42.6 Å². The molecule has 2 amide bonds. The number of methoxy groups -OCH3 is 2. The van der Waals surface area contributed by atoms with E-state index in [4.69, 9.17) is 9.47 Å². The number of amides is 2. The lowest BCUT2D eigenvalue weighted by Crippen LogP contribution is -2.54. The van der Waals surface area contributed by atoms with Gasteiger partial charge in [-0.2, -0.15) is 0 Å². The van der Waals surface area contributed by atoms with Gasteiger partial charge in [0, 0.05) is 64.4 Å². The molecule has 0 saturated carbocycles. The molecule has 0 bridgehead atoms. The number of nitrogens with zero attached hydrogens (tertiary/aromatic N) is 4. The summed E-state index contributed by atoms with van der Waals surface area (Å²) in [6, 6.07) is 11.7. The van der Waals surface area contributed by atoms with Crippen LogP contribution in [0, 0.1) is 29.6 Å². The number of aromatic nitrogens is 2. The van der Waals surface area contributed by atoms with Crippen LogP contribution < -0.4 is 0 Å². The van der Waals surface area contributed by atoms with Crippen molar-refractivity contribution in [3.63, 3.8) is 0 Å². The summed E-state index contributed by atoms with van der Waals surface area (Å²) in [6.07, 6.45) is 6.04. The summed E-state index contributed by atoms with van der Waals surface area (Å²) >= 11 is 0. The fourth-order valence-corrected chi connectivity index (χ4v) is 7.76. The van der Waals surface area contributed by atoms with E-state index in [2.05, 4.69) is 63.6 Å². The quantitative estimate of drug-likeness (QED) is 0.154. The summed E-state index contributed by atoms with van der Waals surface area (Å²) in [4.78, 5) is 54.8. The molecule has 8 atom stereocenters. The molecule has 9 nitrogen and oxygen atoms in total. The zero-order chi connectivity index (χ0) is 37.0. The first-order valence-electron chi connectivity index (χ1n) is 18.9. The molecule has 278 valence electrons. The van der Waals surface area contributed by atoms with Crippen molar-refractivity contribution in [2.45, 2.75) is 124 Å². The molecule has 0 unspecified atom stereocenters. The topological polar surface area (TPSA) is 102 Å². The number of hydrogen-bond acceptors (Lipinski definition) is 7. The average molecular weight is 693 g/mol. The first-order chi connectivity index (χ1) is 23.9. The van der Waals surface area contributed by atoms with Gasteiger partial charge in [0.15, 0.2) is 0 Å². The van der Waals surface area contributed by atoms with E-state index in [1.54, 1.807) is 20.4 Å². The molecule has 0 spiro atoms. The van der Waals surface area contributed by atoms with E-state index in [0.717, 1.165) is 37.8 Å². The lowest BCUT2D eigenvalue weighted by atomic mass is 9.86. The molecule has 0 N–H and O–H groups in total. The smallest absolute Gasteiger partial charge is 0.226 e. The van der Waals surface area contributed by atoms with Crippen LogP contribution in [0.2, 0.25) is 0 Å². The fraction of sp³-hybridized carbons (Fsp3) is 0.683. The van der Waals surface area contributed by atoms with Crippen LogP contribution in [0.4, 0.5) is 0 Å². The number of likely N-dealkylation sites (tertiary alicyclic amines) is 1. The van der Waals surface area contributed by atoms with Gasteiger partial charge in [-0.3, -0.25) is 14.4 Å². The van der Waals surface area contributed by atoms with Gasteiger partial charge in [-0.25, -0.2) is 9.97 Å². The highest BCUT2D eigenvalue weighted by Crippen LogP contribution is 2.31. The van der Waals surface area contributed by atoms with Gasteiger partial charge >= 0.3 is 0 Å². The Morgan fingerprint density at radius 2 is 1.66 bits per heavy atom. The van der Waals surface area contributed by atoms with Crippen molar-refractivity contribution in [2.24, 2.45) is 29.6 Å². The summed E-state index contributed by atoms with van der Waals surface area (Å²) in [7, 11) is 5.13. The predicted molar refractivity (Wildman–Crippen MR) is 198 cm³/mol. The van der Waals surface area contributed by atoms with Crippen LogP contribution >= 0.6 is 0 Å². The predicted octanol–water partition coefficient (Wildman–Crippen LogP) is 6.61. The van der Waals surface area contributed by atoms with Gasteiger partial charge in [-0.15, -0.1) is 0 Å². The summed E-state index contributed by atoms with van der Waals surface area (Å²) in [5, 5.41) is 0. The number of carbonyl (C=O) groups is 3. The van der Waals surface area contributed by atoms with E-state index >= 15 is 0 Å². The van der Waals surface area contributed by atoms with Gasteiger partial charge < -0.3 is 19.3 Å². The molecule has 9 heteroatoms. The molecule has 1 aliphatic rings. The number of ketones is 1. The Kier molecular flexibility index (Phi) is 16.5. The number of Topliss-reactive ketones (excluding diaryl/α,β-unsaturated/α-hetero) is 1. The Bertz CT molecular complexity index is 1350. The third-order valence-electron chi connectivity index (χ3n) is 11.0. The Labute approximate surface area is 301 Å². The van der Waals surface area contributed by atoms with Gasteiger partial charge in [0.05, 0.1) is 30.7 Å². The summed E-state index contributed by atoms with van der Waals surface area (Å²) in [5.41, 5.74) is 2.18. The van der Waals surface area contributed by atoms with Crippen LogP contribution in [0.25, 0.3) is 0 Å². The number of ether oxygens (including phenoxy) is 2. The van der Waals surface area contributed by atoms with Crippen molar-refractivity contribution in [1.82, 2.24) is 19.8 Å². The molecular formula is C41H64N4O5. The maximum absolute atomic E-state index is 14.2. The van der Waals surface area contributed by atoms with Crippen LogP contribution in [-0.2, 0) is 43.1 Å². The van der Waals surface area contributed by atoms with Crippen molar-refractivity contribution in [3.8, 4) is 0 Å². The van der Waals surface area contributed by atoms with E-state index in [1.807, 2.05) is 48.0 Å². The van der Waals surface area contributed by atoms with E-state index < -0.39 is 12.2 Å². The van der Waals surface area contributed by atoms with E-state index in [-0.39, 0.29) is 65.7 Å². The zero-order valence-electron chi connectivity index (χ0n) is 32.4. The number of likely N-dealkylation sites (N-methyl/N-ethyl adjacent to an activating group) is 1. The fourth-order valence-electron chi connectivity index (χ4n) is 7.76. The van der Waals surface area contributed by atoms with Gasteiger partial charge in [0.1, 0.15) is 11.6 Å². The first-order valence-corrected chi connectivity index (χ1v) is 18.9. The summed E-state index contributed by atoms with van der Waals surface area (Å²) in [6.45, 7) is 15.1. The van der Waals surface area contributed by atoms with Crippen LogP contribution in [0.3, 0.4) is 0 Å². The third-order valence-corrected chi connectivity index (χ3v) is 11.0. The number of hydrogen-bond donors (Lipinski definition) is 0. The van der Waals surface area contributed by atoms with Crippen LogP contribution in [0.5, 0.6) is 0 Å². The summed E-state index contributed by atoms with van der Waals surface area (Å²) in [5.74, 6) is 0.526. The number of benzene rings is 1. The minimum atomic E-state index is -0.501. The average Bonchev–Trinajstić information content (AvgIpc) is 3.60. The van der Waals surface area contributed by atoms with E-state index in [9.17, 15) is 14.4 Å². The zero-order valence-corrected chi connectivity index (χ0v) is 32.4. The van der Waals surface area contributed by atoms with Crippen molar-refractivity contribution >= 4 is 17.6 Å². The molecule has 0 aliphatic carbocycles. The molecule has 50 heavy (non-hydrogen) atoms. The normalized spacial score (nSPS) is 19.0. The molecular weight excluding hydrogens is 628 g/mol. The number of carbonyl (C=O) groups excluding carboxylic acids is 3. The van der Waals surface area contributed by atoms with Crippen molar-refractivity contribution in [2.75, 3.05) is 27.8 Å². The van der Waals surface area contributed by atoms with Gasteiger partial charge in [0.25, 0.3) is 0 Å². The van der Waals surface area contributed by atoms with Crippen molar-refractivity contribution < 1.29 is 23.9 Å². The molecule has 2 aromatic rings. The van der Waals surface area contributed by atoms with Crippen LogP contribution in [0.1, 0.15) is 97.7 Å². The van der Waals surface area contributed by atoms with Gasteiger partial charge in [0.2, 0.25) is 11.8 Å². The Morgan fingerprint density at radius 3 is 2.26 bits per heavy atom. The Morgan fingerprint density at radius 1 is 0.960 bits per heavy atom. The van der Waals surface area contributed by atoms with Gasteiger partial charge in [-0.1, -0.05) is 85.2 Å².